The Bertz CT molecular complexity index is 899. The number of hydrogen-bond donors (Lipinski definition) is 2. The van der Waals surface area contributed by atoms with Crippen LogP contribution in [0.3, 0.4) is 0 Å². The standard InChI is InChI=1S/C22H24N6O4/c23-11-17-3-1-9-27(17)19(29)13-25-21(31)15-5-7-16(8-6-15)22(32)26-14-20(30)28-10-2-4-18(28)12-24/h5-8,17-18H,1-4,9-10,13-14H2,(H,25,31)(H,26,32). The van der Waals surface area contributed by atoms with Crippen molar-refractivity contribution < 1.29 is 19.2 Å². The van der Waals surface area contributed by atoms with Crippen LogP contribution in [0.1, 0.15) is 46.4 Å². The maximum atomic E-state index is 12.3. The zero-order valence-electron chi connectivity index (χ0n) is 17.5. The molecule has 1 aromatic rings. The van der Waals surface area contributed by atoms with E-state index in [0.717, 1.165) is 12.8 Å². The number of nitriles is 2. The third-order valence-electron chi connectivity index (χ3n) is 5.65. The molecule has 0 saturated carbocycles. The molecule has 0 radical (unpaired) electrons. The van der Waals surface area contributed by atoms with Gasteiger partial charge in [0.1, 0.15) is 12.1 Å². The average Bonchev–Trinajstić information content (AvgIpc) is 3.50. The van der Waals surface area contributed by atoms with Gasteiger partial charge >= 0.3 is 0 Å². The highest BCUT2D eigenvalue weighted by molar-refractivity contribution is 5.99. The summed E-state index contributed by atoms with van der Waals surface area (Å²) in [5.41, 5.74) is 0.551. The molecule has 0 aliphatic carbocycles. The zero-order valence-corrected chi connectivity index (χ0v) is 17.5. The first kappa shape index (κ1) is 22.8. The lowest BCUT2D eigenvalue weighted by Gasteiger charge is -2.19. The number of amides is 4. The number of nitrogens with one attached hydrogen (secondary N) is 2. The summed E-state index contributed by atoms with van der Waals surface area (Å²) in [4.78, 5) is 52.0. The Morgan fingerprint density at radius 2 is 1.16 bits per heavy atom. The highest BCUT2D eigenvalue weighted by Crippen LogP contribution is 2.17. The van der Waals surface area contributed by atoms with E-state index < -0.39 is 23.9 Å². The molecule has 166 valence electrons. The molecule has 0 spiro atoms. The maximum absolute atomic E-state index is 12.3. The van der Waals surface area contributed by atoms with E-state index in [9.17, 15) is 19.2 Å². The molecule has 2 N–H and O–H groups in total. The van der Waals surface area contributed by atoms with E-state index in [1.54, 1.807) is 0 Å². The first-order valence-corrected chi connectivity index (χ1v) is 10.5. The second kappa shape index (κ2) is 10.4. The van der Waals surface area contributed by atoms with E-state index >= 15 is 0 Å². The van der Waals surface area contributed by atoms with Gasteiger partial charge in [-0.25, -0.2) is 0 Å². The van der Waals surface area contributed by atoms with Gasteiger partial charge in [-0.3, -0.25) is 19.2 Å². The van der Waals surface area contributed by atoms with Gasteiger partial charge in [-0.05, 0) is 49.9 Å². The van der Waals surface area contributed by atoms with Crippen molar-refractivity contribution in [2.45, 2.75) is 37.8 Å². The Hall–Kier alpha value is -3.92. The van der Waals surface area contributed by atoms with Crippen molar-refractivity contribution in [1.82, 2.24) is 20.4 Å². The minimum Gasteiger partial charge on any atom is -0.343 e. The molecule has 3 rings (SSSR count). The van der Waals surface area contributed by atoms with Crippen molar-refractivity contribution in [3.05, 3.63) is 35.4 Å². The lowest BCUT2D eigenvalue weighted by atomic mass is 10.1. The number of rotatable bonds is 6. The molecule has 2 aliphatic heterocycles. The van der Waals surface area contributed by atoms with Gasteiger partial charge < -0.3 is 20.4 Å². The third kappa shape index (κ3) is 5.22. The van der Waals surface area contributed by atoms with Crippen LogP contribution in [0, 0.1) is 22.7 Å². The average molecular weight is 436 g/mol. The summed E-state index contributed by atoms with van der Waals surface area (Å²) in [6.45, 7) is 0.603. The number of carbonyl (C=O) groups excluding carboxylic acids is 4. The summed E-state index contributed by atoms with van der Waals surface area (Å²) in [5.74, 6) is -1.55. The molecule has 4 amide bonds. The predicted octanol–water partition coefficient (Wildman–Crippen LogP) is 0.175. The number of hydrogen-bond acceptors (Lipinski definition) is 6. The fourth-order valence-electron chi connectivity index (χ4n) is 3.89. The predicted molar refractivity (Wildman–Crippen MR) is 112 cm³/mol. The third-order valence-corrected chi connectivity index (χ3v) is 5.65. The van der Waals surface area contributed by atoms with Gasteiger partial charge in [0.15, 0.2) is 0 Å². The van der Waals surface area contributed by atoms with Crippen LogP contribution in [0.15, 0.2) is 24.3 Å². The molecule has 2 fully saturated rings. The topological polar surface area (TPSA) is 146 Å². The van der Waals surface area contributed by atoms with Crippen molar-refractivity contribution in [3.63, 3.8) is 0 Å². The van der Waals surface area contributed by atoms with Crippen molar-refractivity contribution in [2.24, 2.45) is 0 Å². The second-order valence-electron chi connectivity index (χ2n) is 7.69. The molecule has 32 heavy (non-hydrogen) atoms. The van der Waals surface area contributed by atoms with E-state index in [0.29, 0.717) is 25.9 Å². The summed E-state index contributed by atoms with van der Waals surface area (Å²) >= 11 is 0. The Morgan fingerprint density at radius 3 is 1.50 bits per heavy atom. The Balaban J connectivity index is 1.47. The monoisotopic (exact) mass is 436 g/mol. The van der Waals surface area contributed by atoms with E-state index in [-0.39, 0.29) is 36.0 Å². The molecule has 2 unspecified atom stereocenters. The van der Waals surface area contributed by atoms with Crippen LogP contribution in [0.4, 0.5) is 0 Å². The van der Waals surface area contributed by atoms with Crippen molar-refractivity contribution in [1.29, 1.82) is 10.5 Å². The lowest BCUT2D eigenvalue weighted by molar-refractivity contribution is -0.130. The lowest BCUT2D eigenvalue weighted by Crippen LogP contribution is -2.42. The van der Waals surface area contributed by atoms with Gasteiger partial charge in [0.25, 0.3) is 11.8 Å². The molecule has 0 bridgehead atoms. The first-order valence-electron chi connectivity index (χ1n) is 10.5. The van der Waals surface area contributed by atoms with Crippen LogP contribution < -0.4 is 10.6 Å². The molecule has 0 aromatic heterocycles. The maximum Gasteiger partial charge on any atom is 0.251 e. The summed E-state index contributed by atoms with van der Waals surface area (Å²) in [7, 11) is 0. The highest BCUT2D eigenvalue weighted by atomic mass is 16.2. The molecule has 2 aliphatic rings. The number of benzene rings is 1. The van der Waals surface area contributed by atoms with Crippen LogP contribution in [0.5, 0.6) is 0 Å². The van der Waals surface area contributed by atoms with Gasteiger partial charge in [-0.1, -0.05) is 0 Å². The first-order chi connectivity index (χ1) is 15.4. The van der Waals surface area contributed by atoms with E-state index in [4.69, 9.17) is 10.5 Å². The van der Waals surface area contributed by atoms with E-state index in [1.807, 2.05) is 0 Å². The van der Waals surface area contributed by atoms with Gasteiger partial charge in [-0.2, -0.15) is 10.5 Å². The fraction of sp³-hybridized carbons (Fsp3) is 0.455. The zero-order chi connectivity index (χ0) is 23.1. The normalized spacial score (nSPS) is 19.7. The molecular weight excluding hydrogens is 412 g/mol. The van der Waals surface area contributed by atoms with Crippen molar-refractivity contribution in [3.8, 4) is 12.1 Å². The fourth-order valence-corrected chi connectivity index (χ4v) is 3.89. The largest absolute Gasteiger partial charge is 0.343 e. The molecule has 2 atom stereocenters. The van der Waals surface area contributed by atoms with E-state index in [2.05, 4.69) is 22.8 Å². The smallest absolute Gasteiger partial charge is 0.251 e. The van der Waals surface area contributed by atoms with Gasteiger partial charge in [0.2, 0.25) is 11.8 Å². The van der Waals surface area contributed by atoms with Crippen LogP contribution in [0.25, 0.3) is 0 Å². The minimum atomic E-state index is -0.468. The summed E-state index contributed by atoms with van der Waals surface area (Å²) in [6, 6.07) is 9.10. The van der Waals surface area contributed by atoms with Gasteiger partial charge in [0.05, 0.1) is 25.2 Å². The van der Waals surface area contributed by atoms with Crippen LogP contribution >= 0.6 is 0 Å². The SMILES string of the molecule is N#CC1CCCN1C(=O)CNC(=O)c1ccc(C(=O)NCC(=O)N2CCCC2C#N)cc1. The molecule has 10 nitrogen and oxygen atoms in total. The molecular formula is C22H24N6O4. The second-order valence-corrected chi connectivity index (χ2v) is 7.69. The van der Waals surface area contributed by atoms with E-state index in [1.165, 1.54) is 34.1 Å². The Morgan fingerprint density at radius 1 is 0.781 bits per heavy atom. The van der Waals surface area contributed by atoms with Gasteiger partial charge in [-0.15, -0.1) is 0 Å². The minimum absolute atomic E-state index is 0.207. The molecule has 2 heterocycles. The number of carbonyl (C=O) groups is 4. The Labute approximate surface area is 185 Å². The van der Waals surface area contributed by atoms with Crippen LogP contribution in [-0.2, 0) is 9.59 Å². The van der Waals surface area contributed by atoms with Crippen LogP contribution in [-0.4, -0.2) is 71.7 Å². The number of likely N-dealkylation sites (tertiary alicyclic amines) is 2. The van der Waals surface area contributed by atoms with Crippen molar-refractivity contribution in [2.75, 3.05) is 26.2 Å². The highest BCUT2D eigenvalue weighted by Gasteiger charge is 2.29. The van der Waals surface area contributed by atoms with Crippen LogP contribution in [0.2, 0.25) is 0 Å². The number of nitrogens with zero attached hydrogens (tertiary/aromatic N) is 4. The Kier molecular flexibility index (Phi) is 7.40. The molecule has 1 aromatic carbocycles. The summed E-state index contributed by atoms with van der Waals surface area (Å²) < 4.78 is 0. The summed E-state index contributed by atoms with van der Waals surface area (Å²) in [6.07, 6.45) is 2.82. The molecule has 2 saturated heterocycles. The van der Waals surface area contributed by atoms with Gasteiger partial charge in [0, 0.05) is 24.2 Å². The molecule has 10 heteroatoms. The summed E-state index contributed by atoms with van der Waals surface area (Å²) in [5, 5.41) is 23.2. The quantitative estimate of drug-likeness (QED) is 0.650. The van der Waals surface area contributed by atoms with Crippen molar-refractivity contribution >= 4 is 23.6 Å².